The molecular formula is C15H32O3. The molecule has 0 fully saturated rings. The summed E-state index contributed by atoms with van der Waals surface area (Å²) in [6, 6.07) is 0. The fourth-order valence-corrected chi connectivity index (χ4v) is 1.85. The first-order valence-electron chi connectivity index (χ1n) is 7.29. The second-order valence-corrected chi connectivity index (χ2v) is 5.62. The topological polar surface area (TPSA) is 27.7 Å². The fourth-order valence-electron chi connectivity index (χ4n) is 1.85. The van der Waals surface area contributed by atoms with Crippen LogP contribution in [0.1, 0.15) is 61.3 Å². The Labute approximate surface area is 113 Å². The van der Waals surface area contributed by atoms with Crippen molar-refractivity contribution in [3.63, 3.8) is 0 Å². The summed E-state index contributed by atoms with van der Waals surface area (Å²) in [5.74, 6) is 0. The van der Waals surface area contributed by atoms with Gasteiger partial charge in [0.1, 0.15) is 6.10 Å². The predicted molar refractivity (Wildman–Crippen MR) is 76.0 cm³/mol. The maximum absolute atomic E-state index is 5.98. The van der Waals surface area contributed by atoms with Crippen molar-refractivity contribution in [1.29, 1.82) is 0 Å². The molecular weight excluding hydrogens is 228 g/mol. The largest absolute Gasteiger partial charge is 0.376 e. The molecule has 0 amide bonds. The van der Waals surface area contributed by atoms with E-state index in [0.717, 1.165) is 12.8 Å². The molecule has 0 aromatic heterocycles. The van der Waals surface area contributed by atoms with E-state index in [9.17, 15) is 0 Å². The van der Waals surface area contributed by atoms with Crippen molar-refractivity contribution in [1.82, 2.24) is 0 Å². The second-order valence-electron chi connectivity index (χ2n) is 5.62. The molecule has 3 nitrogen and oxygen atoms in total. The van der Waals surface area contributed by atoms with Crippen LogP contribution in [0.25, 0.3) is 0 Å². The van der Waals surface area contributed by atoms with Crippen LogP contribution in [0.5, 0.6) is 0 Å². The molecule has 0 heterocycles. The van der Waals surface area contributed by atoms with Gasteiger partial charge in [-0.1, -0.05) is 13.3 Å². The third kappa shape index (κ3) is 8.90. The van der Waals surface area contributed by atoms with E-state index in [1.54, 1.807) is 0 Å². The first-order chi connectivity index (χ1) is 8.36. The lowest BCUT2D eigenvalue weighted by Gasteiger charge is -2.30. The zero-order valence-corrected chi connectivity index (χ0v) is 13.2. The Hall–Kier alpha value is -0.120. The highest BCUT2D eigenvalue weighted by Crippen LogP contribution is 2.16. The SMILES string of the molecule is CCCC(OC(C)C)C(COC(C)C)OC(C)C. The zero-order valence-electron chi connectivity index (χ0n) is 13.2. The molecule has 0 N–H and O–H groups in total. The summed E-state index contributed by atoms with van der Waals surface area (Å²) in [4.78, 5) is 0. The van der Waals surface area contributed by atoms with Crippen molar-refractivity contribution < 1.29 is 14.2 Å². The fraction of sp³-hybridized carbons (Fsp3) is 1.00. The Bertz CT molecular complexity index is 190. The third-order valence-electron chi connectivity index (χ3n) is 2.48. The molecule has 18 heavy (non-hydrogen) atoms. The number of hydrogen-bond acceptors (Lipinski definition) is 3. The van der Waals surface area contributed by atoms with Gasteiger partial charge in [0.2, 0.25) is 0 Å². The lowest BCUT2D eigenvalue weighted by molar-refractivity contribution is -0.141. The van der Waals surface area contributed by atoms with E-state index >= 15 is 0 Å². The van der Waals surface area contributed by atoms with Crippen LogP contribution < -0.4 is 0 Å². The van der Waals surface area contributed by atoms with Gasteiger partial charge in [-0.15, -0.1) is 0 Å². The summed E-state index contributed by atoms with van der Waals surface area (Å²) < 4.78 is 17.7. The van der Waals surface area contributed by atoms with Crippen LogP contribution in [0.15, 0.2) is 0 Å². The maximum Gasteiger partial charge on any atom is 0.107 e. The average Bonchev–Trinajstić information content (AvgIpc) is 2.22. The quantitative estimate of drug-likeness (QED) is 0.598. The van der Waals surface area contributed by atoms with Crippen LogP contribution in [0.2, 0.25) is 0 Å². The molecule has 3 heteroatoms. The summed E-state index contributed by atoms with van der Waals surface area (Å²) in [7, 11) is 0. The minimum Gasteiger partial charge on any atom is -0.376 e. The van der Waals surface area contributed by atoms with Crippen LogP contribution in [-0.4, -0.2) is 37.1 Å². The minimum absolute atomic E-state index is 0.0229. The van der Waals surface area contributed by atoms with Crippen LogP contribution in [0, 0.1) is 0 Å². The first kappa shape index (κ1) is 17.9. The van der Waals surface area contributed by atoms with E-state index in [-0.39, 0.29) is 30.5 Å². The van der Waals surface area contributed by atoms with Crippen molar-refractivity contribution in [3.05, 3.63) is 0 Å². The molecule has 0 saturated heterocycles. The summed E-state index contributed by atoms with van der Waals surface area (Å²) in [6.07, 6.45) is 2.89. The van der Waals surface area contributed by atoms with Gasteiger partial charge in [0.25, 0.3) is 0 Å². The molecule has 2 atom stereocenters. The molecule has 0 aromatic carbocycles. The van der Waals surface area contributed by atoms with Crippen molar-refractivity contribution in [2.75, 3.05) is 6.61 Å². The number of hydrogen-bond donors (Lipinski definition) is 0. The highest BCUT2D eigenvalue weighted by atomic mass is 16.6. The smallest absolute Gasteiger partial charge is 0.107 e. The van der Waals surface area contributed by atoms with Gasteiger partial charge in [-0.2, -0.15) is 0 Å². The Morgan fingerprint density at radius 1 is 0.722 bits per heavy atom. The molecule has 0 aliphatic rings. The summed E-state index contributed by atoms with van der Waals surface area (Å²) >= 11 is 0. The minimum atomic E-state index is 0.0229. The molecule has 0 aliphatic carbocycles. The van der Waals surface area contributed by atoms with Gasteiger partial charge in [0.05, 0.1) is 31.0 Å². The average molecular weight is 260 g/mol. The first-order valence-corrected chi connectivity index (χ1v) is 7.29. The van der Waals surface area contributed by atoms with Gasteiger partial charge >= 0.3 is 0 Å². The maximum atomic E-state index is 5.98. The predicted octanol–water partition coefficient (Wildman–Crippen LogP) is 3.80. The van der Waals surface area contributed by atoms with Gasteiger partial charge in [-0.3, -0.25) is 0 Å². The normalized spacial score (nSPS) is 15.7. The van der Waals surface area contributed by atoms with E-state index in [1.807, 2.05) is 13.8 Å². The Kier molecular flexibility index (Phi) is 9.70. The van der Waals surface area contributed by atoms with E-state index in [2.05, 4.69) is 34.6 Å². The van der Waals surface area contributed by atoms with Crippen molar-refractivity contribution in [2.24, 2.45) is 0 Å². The Balaban J connectivity index is 4.51. The molecule has 0 aliphatic heterocycles. The highest BCUT2D eigenvalue weighted by molar-refractivity contribution is 4.73. The van der Waals surface area contributed by atoms with E-state index in [0.29, 0.717) is 6.61 Å². The Morgan fingerprint density at radius 2 is 1.22 bits per heavy atom. The monoisotopic (exact) mass is 260 g/mol. The van der Waals surface area contributed by atoms with Gasteiger partial charge in [0.15, 0.2) is 0 Å². The summed E-state index contributed by atoms with van der Waals surface area (Å²) in [5.41, 5.74) is 0. The van der Waals surface area contributed by atoms with Gasteiger partial charge < -0.3 is 14.2 Å². The molecule has 0 saturated carbocycles. The van der Waals surface area contributed by atoms with Gasteiger partial charge in [0, 0.05) is 0 Å². The van der Waals surface area contributed by atoms with Crippen molar-refractivity contribution in [3.8, 4) is 0 Å². The molecule has 0 radical (unpaired) electrons. The zero-order chi connectivity index (χ0) is 14.1. The van der Waals surface area contributed by atoms with Crippen LogP contribution >= 0.6 is 0 Å². The molecule has 2 unspecified atom stereocenters. The molecule has 110 valence electrons. The third-order valence-corrected chi connectivity index (χ3v) is 2.48. The standard InChI is InChI=1S/C15H32O3/c1-8-9-14(17-12(4)5)15(18-13(6)7)10-16-11(2)3/h11-15H,8-10H2,1-7H3. The summed E-state index contributed by atoms with van der Waals surface area (Å²) in [5, 5.41) is 0. The van der Waals surface area contributed by atoms with Gasteiger partial charge in [-0.05, 0) is 48.0 Å². The van der Waals surface area contributed by atoms with Crippen molar-refractivity contribution in [2.45, 2.75) is 91.8 Å². The van der Waals surface area contributed by atoms with E-state index < -0.39 is 0 Å². The highest BCUT2D eigenvalue weighted by Gasteiger charge is 2.25. The van der Waals surface area contributed by atoms with Crippen LogP contribution in [0.3, 0.4) is 0 Å². The number of ether oxygens (including phenoxy) is 3. The summed E-state index contributed by atoms with van der Waals surface area (Å²) in [6.45, 7) is 15.1. The molecule has 0 bridgehead atoms. The lowest BCUT2D eigenvalue weighted by atomic mass is 10.1. The van der Waals surface area contributed by atoms with Crippen LogP contribution in [-0.2, 0) is 14.2 Å². The second kappa shape index (κ2) is 9.76. The molecule has 0 aromatic rings. The van der Waals surface area contributed by atoms with Gasteiger partial charge in [-0.25, -0.2) is 0 Å². The molecule has 0 rings (SSSR count). The van der Waals surface area contributed by atoms with Crippen LogP contribution in [0.4, 0.5) is 0 Å². The van der Waals surface area contributed by atoms with Crippen molar-refractivity contribution >= 4 is 0 Å². The van der Waals surface area contributed by atoms with E-state index in [4.69, 9.17) is 14.2 Å². The lowest BCUT2D eigenvalue weighted by Crippen LogP contribution is -2.39. The van der Waals surface area contributed by atoms with E-state index in [1.165, 1.54) is 0 Å². The Morgan fingerprint density at radius 3 is 1.61 bits per heavy atom. The number of rotatable bonds is 10. The molecule has 0 spiro atoms.